The van der Waals surface area contributed by atoms with Gasteiger partial charge in [-0.05, 0) is 30.2 Å². The molecular formula is C27H25ClN2O6. The maximum atomic E-state index is 12.7. The van der Waals surface area contributed by atoms with Crippen LogP contribution in [0.3, 0.4) is 0 Å². The van der Waals surface area contributed by atoms with Crippen LogP contribution in [0.2, 0.25) is 5.02 Å². The minimum atomic E-state index is -0.969. The zero-order valence-corrected chi connectivity index (χ0v) is 20.7. The minimum absolute atomic E-state index is 0.239. The normalized spacial score (nSPS) is 11.9. The molecule has 1 atom stereocenters. The lowest BCUT2D eigenvalue weighted by Gasteiger charge is -2.21. The summed E-state index contributed by atoms with van der Waals surface area (Å²) in [4.78, 5) is 37.9. The Bertz CT molecular complexity index is 1450. The van der Waals surface area contributed by atoms with Crippen molar-refractivity contribution in [1.82, 2.24) is 5.32 Å². The number of carbonyl (C=O) groups is 3. The van der Waals surface area contributed by atoms with Gasteiger partial charge in [0, 0.05) is 16.8 Å². The Balaban J connectivity index is 1.43. The van der Waals surface area contributed by atoms with Gasteiger partial charge in [0.1, 0.15) is 23.0 Å². The molecule has 2 amide bonds. The monoisotopic (exact) mass is 508 g/mol. The smallest absolute Gasteiger partial charge is 0.329 e. The van der Waals surface area contributed by atoms with Gasteiger partial charge in [-0.2, -0.15) is 0 Å². The molecule has 0 spiro atoms. The molecule has 0 radical (unpaired) electrons. The SMILES string of the molecule is COc1cc2c(cc1NC(=O)COC(=O)[C@@H](NC(=O)c1ccccc1Cl)C(C)C)oc1ccccc12. The second-order valence-corrected chi connectivity index (χ2v) is 8.88. The number of anilines is 1. The molecule has 8 nitrogen and oxygen atoms in total. The summed E-state index contributed by atoms with van der Waals surface area (Å²) in [5.74, 6) is -1.68. The zero-order chi connectivity index (χ0) is 25.8. The molecule has 2 N–H and O–H groups in total. The fourth-order valence-corrected chi connectivity index (χ4v) is 4.01. The predicted octanol–water partition coefficient (Wildman–Crippen LogP) is 5.18. The van der Waals surface area contributed by atoms with Gasteiger partial charge in [-0.25, -0.2) is 4.79 Å². The van der Waals surface area contributed by atoms with Crippen molar-refractivity contribution >= 4 is 57.0 Å². The van der Waals surface area contributed by atoms with E-state index in [1.54, 1.807) is 50.2 Å². The van der Waals surface area contributed by atoms with Gasteiger partial charge >= 0.3 is 5.97 Å². The highest BCUT2D eigenvalue weighted by Gasteiger charge is 2.27. The number of fused-ring (bicyclic) bond motifs is 3. The van der Waals surface area contributed by atoms with E-state index in [-0.39, 0.29) is 16.5 Å². The van der Waals surface area contributed by atoms with Gasteiger partial charge in [-0.1, -0.05) is 55.8 Å². The second kappa shape index (κ2) is 10.7. The van der Waals surface area contributed by atoms with Crippen LogP contribution in [0.4, 0.5) is 5.69 Å². The van der Waals surface area contributed by atoms with Crippen LogP contribution in [0.25, 0.3) is 21.9 Å². The summed E-state index contributed by atoms with van der Waals surface area (Å²) < 4.78 is 16.5. The molecule has 0 aliphatic rings. The molecule has 186 valence electrons. The molecule has 36 heavy (non-hydrogen) atoms. The summed E-state index contributed by atoms with van der Waals surface area (Å²) in [6.45, 7) is 2.96. The number of methoxy groups -OCH3 is 1. The Morgan fingerprint density at radius 1 is 0.972 bits per heavy atom. The third-order valence-corrected chi connectivity index (χ3v) is 5.97. The fraction of sp³-hybridized carbons (Fsp3) is 0.222. The molecule has 0 fully saturated rings. The van der Waals surface area contributed by atoms with E-state index in [9.17, 15) is 14.4 Å². The number of ether oxygens (including phenoxy) is 2. The quantitative estimate of drug-likeness (QED) is 0.317. The Labute approximate surface area is 212 Å². The first kappa shape index (κ1) is 25.1. The number of rotatable bonds is 8. The molecule has 1 aromatic heterocycles. The summed E-state index contributed by atoms with van der Waals surface area (Å²) in [7, 11) is 1.49. The van der Waals surface area contributed by atoms with E-state index in [0.717, 1.165) is 10.8 Å². The van der Waals surface area contributed by atoms with Crippen molar-refractivity contribution in [2.24, 2.45) is 5.92 Å². The first-order valence-electron chi connectivity index (χ1n) is 11.3. The number of hydrogen-bond donors (Lipinski definition) is 2. The minimum Gasteiger partial charge on any atom is -0.495 e. The Hall–Kier alpha value is -4.04. The van der Waals surface area contributed by atoms with Crippen LogP contribution >= 0.6 is 11.6 Å². The van der Waals surface area contributed by atoms with E-state index in [1.165, 1.54) is 7.11 Å². The Morgan fingerprint density at radius 3 is 2.42 bits per heavy atom. The third-order valence-electron chi connectivity index (χ3n) is 5.64. The number of furan rings is 1. The number of para-hydroxylation sites is 1. The van der Waals surface area contributed by atoms with Gasteiger partial charge in [0.2, 0.25) is 0 Å². The highest BCUT2D eigenvalue weighted by atomic mass is 35.5. The molecule has 3 aromatic carbocycles. The molecule has 1 heterocycles. The zero-order valence-electron chi connectivity index (χ0n) is 20.0. The van der Waals surface area contributed by atoms with E-state index in [2.05, 4.69) is 10.6 Å². The van der Waals surface area contributed by atoms with Gasteiger partial charge in [-0.15, -0.1) is 0 Å². The fourth-order valence-electron chi connectivity index (χ4n) is 3.79. The lowest BCUT2D eigenvalue weighted by molar-refractivity contribution is -0.150. The third kappa shape index (κ3) is 5.28. The first-order valence-corrected chi connectivity index (χ1v) is 11.7. The molecule has 0 bridgehead atoms. The van der Waals surface area contributed by atoms with Crippen molar-refractivity contribution in [2.75, 3.05) is 19.0 Å². The van der Waals surface area contributed by atoms with Crippen molar-refractivity contribution in [3.8, 4) is 5.75 Å². The van der Waals surface area contributed by atoms with Crippen molar-refractivity contribution < 1.29 is 28.3 Å². The first-order chi connectivity index (χ1) is 17.3. The highest BCUT2D eigenvalue weighted by Crippen LogP contribution is 2.36. The summed E-state index contributed by atoms with van der Waals surface area (Å²) in [6, 6.07) is 16.6. The van der Waals surface area contributed by atoms with Crippen LogP contribution in [0, 0.1) is 5.92 Å². The van der Waals surface area contributed by atoms with Gasteiger partial charge < -0.3 is 24.5 Å². The standard InChI is InChI=1S/C27H25ClN2O6/c1-15(2)25(30-26(32)17-9-4-6-10-19(17)28)27(33)35-14-24(31)29-20-13-22-18(12-23(20)34-3)16-8-5-7-11-21(16)36-22/h4-13,15,25H,14H2,1-3H3,(H,29,31)(H,30,32)/t25-/m0/s1. The molecule has 4 aromatic rings. The number of hydrogen-bond acceptors (Lipinski definition) is 6. The summed E-state index contributed by atoms with van der Waals surface area (Å²) in [6.07, 6.45) is 0. The summed E-state index contributed by atoms with van der Waals surface area (Å²) in [5, 5.41) is 7.36. The van der Waals surface area contributed by atoms with Gasteiger partial charge in [0.25, 0.3) is 11.8 Å². The number of nitrogens with one attached hydrogen (secondary N) is 2. The van der Waals surface area contributed by atoms with E-state index >= 15 is 0 Å². The maximum absolute atomic E-state index is 12.7. The van der Waals surface area contributed by atoms with Crippen LogP contribution < -0.4 is 15.4 Å². The van der Waals surface area contributed by atoms with E-state index in [0.29, 0.717) is 22.6 Å². The van der Waals surface area contributed by atoms with Crippen molar-refractivity contribution in [2.45, 2.75) is 19.9 Å². The molecule has 0 saturated carbocycles. The molecule has 0 aliphatic heterocycles. The summed E-state index contributed by atoms with van der Waals surface area (Å²) in [5.41, 5.74) is 1.90. The number of amides is 2. The largest absolute Gasteiger partial charge is 0.495 e. The van der Waals surface area contributed by atoms with Crippen molar-refractivity contribution in [3.63, 3.8) is 0 Å². The molecular weight excluding hydrogens is 484 g/mol. The predicted molar refractivity (Wildman–Crippen MR) is 137 cm³/mol. The van der Waals surface area contributed by atoms with Crippen LogP contribution in [0.15, 0.2) is 65.1 Å². The number of benzene rings is 3. The maximum Gasteiger partial charge on any atom is 0.329 e. The number of carbonyl (C=O) groups excluding carboxylic acids is 3. The molecule has 0 aliphatic carbocycles. The second-order valence-electron chi connectivity index (χ2n) is 8.48. The van der Waals surface area contributed by atoms with Gasteiger partial charge in [0.15, 0.2) is 6.61 Å². The average molecular weight is 509 g/mol. The number of halogens is 1. The van der Waals surface area contributed by atoms with Crippen LogP contribution in [-0.2, 0) is 14.3 Å². The van der Waals surface area contributed by atoms with Crippen molar-refractivity contribution in [1.29, 1.82) is 0 Å². The topological polar surface area (TPSA) is 107 Å². The average Bonchev–Trinajstić information content (AvgIpc) is 3.22. The van der Waals surface area contributed by atoms with E-state index in [4.69, 9.17) is 25.5 Å². The molecule has 0 saturated heterocycles. The van der Waals surface area contributed by atoms with Crippen LogP contribution in [0.1, 0.15) is 24.2 Å². The Kier molecular flexibility index (Phi) is 7.45. The lowest BCUT2D eigenvalue weighted by atomic mass is 10.0. The molecule has 9 heteroatoms. The van der Waals surface area contributed by atoms with E-state index in [1.807, 2.05) is 24.3 Å². The van der Waals surface area contributed by atoms with Crippen molar-refractivity contribution in [3.05, 3.63) is 71.2 Å². The van der Waals surface area contributed by atoms with Crippen LogP contribution in [0.5, 0.6) is 5.75 Å². The van der Waals surface area contributed by atoms with Crippen LogP contribution in [-0.4, -0.2) is 37.5 Å². The molecule has 4 rings (SSSR count). The Morgan fingerprint density at radius 2 is 1.69 bits per heavy atom. The number of esters is 1. The van der Waals surface area contributed by atoms with Gasteiger partial charge in [-0.3, -0.25) is 9.59 Å². The summed E-state index contributed by atoms with van der Waals surface area (Å²) >= 11 is 6.08. The highest BCUT2D eigenvalue weighted by molar-refractivity contribution is 6.33. The van der Waals surface area contributed by atoms with E-state index < -0.39 is 30.4 Å². The molecule has 0 unspecified atom stereocenters. The van der Waals surface area contributed by atoms with Gasteiger partial charge in [0.05, 0.1) is 23.4 Å². The lowest BCUT2D eigenvalue weighted by Crippen LogP contribution is -2.46.